The summed E-state index contributed by atoms with van der Waals surface area (Å²) < 4.78 is 18.7. The van der Waals surface area contributed by atoms with Crippen molar-refractivity contribution in [1.29, 1.82) is 0 Å². The van der Waals surface area contributed by atoms with E-state index in [0.717, 1.165) is 30.2 Å². The van der Waals surface area contributed by atoms with E-state index in [1.54, 1.807) is 6.07 Å². The molecule has 6 heteroatoms. The Morgan fingerprint density at radius 3 is 2.58 bits per heavy atom. The van der Waals surface area contributed by atoms with E-state index in [1.165, 1.54) is 26.0 Å². The quantitative estimate of drug-likeness (QED) is 0.882. The van der Waals surface area contributed by atoms with Crippen LogP contribution in [0.15, 0.2) is 30.6 Å². The first kappa shape index (κ1) is 16.6. The molecule has 0 saturated carbocycles. The third kappa shape index (κ3) is 3.82. The van der Waals surface area contributed by atoms with E-state index in [-0.39, 0.29) is 17.6 Å². The highest BCUT2D eigenvalue weighted by atomic mass is 19.1. The molecule has 1 fully saturated rings. The number of methoxy groups -OCH3 is 1. The maximum absolute atomic E-state index is 13.8. The Hall–Kier alpha value is -2.21. The van der Waals surface area contributed by atoms with Gasteiger partial charge in [0.1, 0.15) is 0 Å². The van der Waals surface area contributed by atoms with E-state index in [0.29, 0.717) is 6.54 Å². The average Bonchev–Trinajstić information content (AvgIpc) is 3.14. The van der Waals surface area contributed by atoms with Gasteiger partial charge < -0.3 is 15.0 Å². The van der Waals surface area contributed by atoms with Crippen LogP contribution in [-0.4, -0.2) is 30.2 Å². The Morgan fingerprint density at radius 1 is 1.25 bits per heavy atom. The third-order valence-corrected chi connectivity index (χ3v) is 4.37. The van der Waals surface area contributed by atoms with Gasteiger partial charge in [0.2, 0.25) is 5.95 Å². The second-order valence-electron chi connectivity index (χ2n) is 6.08. The molecule has 0 aliphatic carbocycles. The summed E-state index contributed by atoms with van der Waals surface area (Å²) in [5.74, 6) is 0.723. The largest absolute Gasteiger partial charge is 0.494 e. The van der Waals surface area contributed by atoms with Crippen molar-refractivity contribution in [2.24, 2.45) is 0 Å². The number of halogens is 1. The molecule has 2 aromatic rings. The summed E-state index contributed by atoms with van der Waals surface area (Å²) in [6, 6.07) is 5.04. The normalized spacial score (nSPS) is 15.5. The van der Waals surface area contributed by atoms with Crippen LogP contribution in [0, 0.1) is 5.82 Å². The van der Waals surface area contributed by atoms with E-state index in [1.807, 2.05) is 25.4 Å². The minimum absolute atomic E-state index is 0.0173. The lowest BCUT2D eigenvalue weighted by molar-refractivity contribution is 0.385. The smallest absolute Gasteiger partial charge is 0.225 e. The zero-order valence-electron chi connectivity index (χ0n) is 14.1. The number of hydrogen-bond donors (Lipinski definition) is 1. The van der Waals surface area contributed by atoms with Crippen molar-refractivity contribution in [1.82, 2.24) is 15.3 Å². The molecule has 1 atom stereocenters. The predicted molar refractivity (Wildman–Crippen MR) is 91.7 cm³/mol. The van der Waals surface area contributed by atoms with E-state index < -0.39 is 0 Å². The molecule has 5 nitrogen and oxygen atoms in total. The van der Waals surface area contributed by atoms with Crippen molar-refractivity contribution in [3.63, 3.8) is 0 Å². The molecular weight excluding hydrogens is 307 g/mol. The maximum Gasteiger partial charge on any atom is 0.225 e. The van der Waals surface area contributed by atoms with E-state index in [4.69, 9.17) is 4.74 Å². The summed E-state index contributed by atoms with van der Waals surface area (Å²) in [6.45, 7) is 4.71. The molecule has 0 spiro atoms. The number of ether oxygens (including phenoxy) is 1. The van der Waals surface area contributed by atoms with Gasteiger partial charge in [-0.3, -0.25) is 0 Å². The highest BCUT2D eigenvalue weighted by Gasteiger charge is 2.14. The topological polar surface area (TPSA) is 50.3 Å². The second kappa shape index (κ2) is 7.57. The molecule has 0 bridgehead atoms. The average molecular weight is 330 g/mol. The molecule has 3 rings (SSSR count). The molecule has 1 aromatic heterocycles. The van der Waals surface area contributed by atoms with Gasteiger partial charge in [0.05, 0.1) is 7.11 Å². The molecule has 0 radical (unpaired) electrons. The Kier molecular flexibility index (Phi) is 5.25. The zero-order valence-corrected chi connectivity index (χ0v) is 14.1. The molecule has 1 aromatic carbocycles. The summed E-state index contributed by atoms with van der Waals surface area (Å²) in [7, 11) is 1.46. The van der Waals surface area contributed by atoms with Crippen LogP contribution in [0.1, 0.15) is 36.9 Å². The van der Waals surface area contributed by atoms with Gasteiger partial charge in [-0.15, -0.1) is 0 Å². The van der Waals surface area contributed by atoms with Crippen LogP contribution >= 0.6 is 0 Å². The van der Waals surface area contributed by atoms with Crippen LogP contribution in [0.4, 0.5) is 10.3 Å². The highest BCUT2D eigenvalue weighted by Crippen LogP contribution is 2.22. The number of anilines is 1. The minimum atomic E-state index is -0.345. The van der Waals surface area contributed by atoms with Gasteiger partial charge in [-0.1, -0.05) is 6.07 Å². The molecule has 1 saturated heterocycles. The van der Waals surface area contributed by atoms with Gasteiger partial charge >= 0.3 is 0 Å². The highest BCUT2D eigenvalue weighted by molar-refractivity contribution is 5.32. The lowest BCUT2D eigenvalue weighted by atomic mass is 10.1. The maximum atomic E-state index is 13.8. The lowest BCUT2D eigenvalue weighted by Gasteiger charge is -2.16. The van der Waals surface area contributed by atoms with Crippen LogP contribution in [0.2, 0.25) is 0 Å². The van der Waals surface area contributed by atoms with Crippen molar-refractivity contribution in [2.75, 3.05) is 25.1 Å². The van der Waals surface area contributed by atoms with Crippen LogP contribution < -0.4 is 15.0 Å². The molecule has 1 aliphatic heterocycles. The van der Waals surface area contributed by atoms with Crippen molar-refractivity contribution in [3.8, 4) is 5.75 Å². The van der Waals surface area contributed by atoms with E-state index >= 15 is 0 Å². The molecule has 1 N–H and O–H groups in total. The predicted octanol–water partition coefficient (Wildman–Crippen LogP) is 3.08. The molecular formula is C18H23FN4O. The molecule has 0 amide bonds. The van der Waals surface area contributed by atoms with E-state index in [9.17, 15) is 4.39 Å². The number of aromatic nitrogens is 2. The summed E-state index contributed by atoms with van der Waals surface area (Å²) in [5.41, 5.74) is 1.89. The number of nitrogens with one attached hydrogen (secondary N) is 1. The van der Waals surface area contributed by atoms with Gasteiger partial charge in [-0.25, -0.2) is 14.4 Å². The first-order chi connectivity index (χ1) is 11.7. The number of benzene rings is 1. The van der Waals surface area contributed by atoms with Crippen molar-refractivity contribution in [3.05, 3.63) is 47.5 Å². The summed E-state index contributed by atoms with van der Waals surface area (Å²) in [6.07, 6.45) is 6.13. The summed E-state index contributed by atoms with van der Waals surface area (Å²) in [4.78, 5) is 11.1. The minimum Gasteiger partial charge on any atom is -0.494 e. The van der Waals surface area contributed by atoms with Gasteiger partial charge in [0.25, 0.3) is 0 Å². The number of nitrogens with zero attached hydrogens (tertiary/aromatic N) is 3. The van der Waals surface area contributed by atoms with Crippen LogP contribution in [0.5, 0.6) is 5.75 Å². The third-order valence-electron chi connectivity index (χ3n) is 4.37. The van der Waals surface area contributed by atoms with Gasteiger partial charge in [0, 0.05) is 43.6 Å². The van der Waals surface area contributed by atoms with Gasteiger partial charge in [-0.2, -0.15) is 0 Å². The van der Waals surface area contributed by atoms with Crippen LogP contribution in [-0.2, 0) is 6.54 Å². The monoisotopic (exact) mass is 330 g/mol. The number of hydrogen-bond acceptors (Lipinski definition) is 5. The Bertz CT molecular complexity index is 671. The molecule has 2 heterocycles. The molecule has 128 valence electrons. The standard InChI is InChI=1S/C18H23FN4O/c1-13(15-5-6-17(24-2)16(19)9-15)20-10-14-11-21-18(22-12-14)23-7-3-4-8-23/h5-6,9,11-13,20H,3-4,7-8,10H2,1-2H3/t13-/m1/s1. The molecule has 24 heavy (non-hydrogen) atoms. The van der Waals surface area contributed by atoms with E-state index in [2.05, 4.69) is 20.2 Å². The van der Waals surface area contributed by atoms with Crippen LogP contribution in [0.25, 0.3) is 0 Å². The van der Waals surface area contributed by atoms with Gasteiger partial charge in [-0.05, 0) is 37.5 Å². The van der Waals surface area contributed by atoms with Crippen molar-refractivity contribution >= 4 is 5.95 Å². The lowest BCUT2D eigenvalue weighted by Crippen LogP contribution is -2.21. The summed E-state index contributed by atoms with van der Waals surface area (Å²) >= 11 is 0. The summed E-state index contributed by atoms with van der Waals surface area (Å²) in [5, 5.41) is 3.37. The van der Waals surface area contributed by atoms with Gasteiger partial charge in [0.15, 0.2) is 11.6 Å². The molecule has 0 unspecified atom stereocenters. The Morgan fingerprint density at radius 2 is 1.96 bits per heavy atom. The molecule has 1 aliphatic rings. The van der Waals surface area contributed by atoms with Crippen molar-refractivity contribution in [2.45, 2.75) is 32.4 Å². The SMILES string of the molecule is COc1ccc([C@@H](C)NCc2cnc(N3CCCC3)nc2)cc1F. The fraction of sp³-hybridized carbons (Fsp3) is 0.444. The first-order valence-corrected chi connectivity index (χ1v) is 8.30. The second-order valence-corrected chi connectivity index (χ2v) is 6.08. The first-order valence-electron chi connectivity index (χ1n) is 8.30. The Labute approximate surface area is 141 Å². The van der Waals surface area contributed by atoms with Crippen molar-refractivity contribution < 1.29 is 9.13 Å². The number of rotatable bonds is 6. The fourth-order valence-electron chi connectivity index (χ4n) is 2.86. The zero-order chi connectivity index (χ0) is 16.9. The fourth-order valence-corrected chi connectivity index (χ4v) is 2.86. The Balaban J connectivity index is 1.57. The van der Waals surface area contributed by atoms with Crippen LogP contribution in [0.3, 0.4) is 0 Å².